The Morgan fingerprint density at radius 3 is 2.32 bits per heavy atom. The average Bonchev–Trinajstić information content (AvgIpc) is 2.55. The van der Waals surface area contributed by atoms with Gasteiger partial charge in [-0.05, 0) is 40.0 Å². The van der Waals surface area contributed by atoms with Gasteiger partial charge in [-0.3, -0.25) is 0 Å². The van der Waals surface area contributed by atoms with Crippen LogP contribution in [-0.4, -0.2) is 10.8 Å². The van der Waals surface area contributed by atoms with Crippen LogP contribution < -0.4 is 5.43 Å². The first-order valence-corrected chi connectivity index (χ1v) is 6.76. The van der Waals surface area contributed by atoms with Crippen molar-refractivity contribution < 1.29 is 4.92 Å². The van der Waals surface area contributed by atoms with Crippen LogP contribution in [0.2, 0.25) is 0 Å². The molecule has 0 radical (unpaired) electrons. The third-order valence-corrected chi connectivity index (χ3v) is 3.25. The molecule has 0 saturated heterocycles. The molecule has 0 fully saturated rings. The second-order valence-electron chi connectivity index (χ2n) is 4.73. The zero-order chi connectivity index (χ0) is 15.4. The standard InChI is InChI=1S/C17H13N3O2/c21-20(22)17(19-18-16-8-2-1-3-9-16)15-11-10-13-6-4-5-7-14(13)12-15/h1-12,18H/b19-17+. The van der Waals surface area contributed by atoms with Crippen LogP contribution in [0.25, 0.3) is 10.8 Å². The Kier molecular flexibility index (Phi) is 3.78. The quantitative estimate of drug-likeness (QED) is 0.344. The molecule has 3 rings (SSSR count). The highest BCUT2D eigenvalue weighted by molar-refractivity contribution is 5.97. The molecule has 3 aromatic carbocycles. The molecule has 0 unspecified atom stereocenters. The van der Waals surface area contributed by atoms with Crippen molar-refractivity contribution in [1.82, 2.24) is 0 Å². The van der Waals surface area contributed by atoms with Crippen LogP contribution in [0.1, 0.15) is 5.56 Å². The van der Waals surface area contributed by atoms with Crippen LogP contribution in [0.4, 0.5) is 5.69 Å². The molecule has 0 spiro atoms. The average molecular weight is 291 g/mol. The van der Waals surface area contributed by atoms with Crippen molar-refractivity contribution in [3.63, 3.8) is 0 Å². The summed E-state index contributed by atoms with van der Waals surface area (Å²) in [6.45, 7) is 0. The molecule has 0 atom stereocenters. The van der Waals surface area contributed by atoms with E-state index in [4.69, 9.17) is 0 Å². The molecule has 5 nitrogen and oxygen atoms in total. The van der Waals surface area contributed by atoms with Crippen molar-refractivity contribution >= 4 is 22.3 Å². The van der Waals surface area contributed by atoms with Gasteiger partial charge in [-0.25, -0.2) is 0 Å². The Hall–Kier alpha value is -3.21. The van der Waals surface area contributed by atoms with Crippen LogP contribution in [0.3, 0.4) is 0 Å². The maximum absolute atomic E-state index is 11.3. The topological polar surface area (TPSA) is 67.5 Å². The van der Waals surface area contributed by atoms with Crippen molar-refractivity contribution in [2.75, 3.05) is 5.43 Å². The van der Waals surface area contributed by atoms with E-state index < -0.39 is 4.92 Å². The largest absolute Gasteiger partial charge is 0.395 e. The number of nitro groups is 1. The molecule has 0 bridgehead atoms. The number of nitrogens with one attached hydrogen (secondary N) is 1. The van der Waals surface area contributed by atoms with Crippen LogP contribution >= 0.6 is 0 Å². The van der Waals surface area contributed by atoms with Gasteiger partial charge in [0.05, 0.1) is 16.4 Å². The summed E-state index contributed by atoms with van der Waals surface area (Å²) < 4.78 is 0. The van der Waals surface area contributed by atoms with E-state index in [0.29, 0.717) is 11.3 Å². The maximum Gasteiger partial charge on any atom is 0.395 e. The summed E-state index contributed by atoms with van der Waals surface area (Å²) in [7, 11) is 0. The van der Waals surface area contributed by atoms with Gasteiger partial charge in [0.2, 0.25) is 0 Å². The highest BCUT2D eigenvalue weighted by Crippen LogP contribution is 2.17. The summed E-state index contributed by atoms with van der Waals surface area (Å²) in [5, 5.41) is 17.2. The Bertz CT molecular complexity index is 845. The Labute approximate surface area is 127 Å². The fraction of sp³-hybridized carbons (Fsp3) is 0. The van der Waals surface area contributed by atoms with E-state index >= 15 is 0 Å². The van der Waals surface area contributed by atoms with E-state index in [1.807, 2.05) is 48.5 Å². The number of hydrogen-bond donors (Lipinski definition) is 1. The van der Waals surface area contributed by atoms with Crippen LogP contribution in [-0.2, 0) is 0 Å². The summed E-state index contributed by atoms with van der Waals surface area (Å²) in [6.07, 6.45) is 0. The third-order valence-electron chi connectivity index (χ3n) is 3.25. The van der Waals surface area contributed by atoms with Crippen molar-refractivity contribution in [2.45, 2.75) is 0 Å². The van der Waals surface area contributed by atoms with Gasteiger partial charge in [0.25, 0.3) is 0 Å². The smallest absolute Gasteiger partial charge is 0.358 e. The van der Waals surface area contributed by atoms with Crippen molar-refractivity contribution in [2.24, 2.45) is 5.10 Å². The van der Waals surface area contributed by atoms with Crippen LogP contribution in [0.15, 0.2) is 77.9 Å². The van der Waals surface area contributed by atoms with Gasteiger partial charge in [0.15, 0.2) is 0 Å². The van der Waals surface area contributed by atoms with E-state index in [9.17, 15) is 10.1 Å². The fourth-order valence-electron chi connectivity index (χ4n) is 2.17. The van der Waals surface area contributed by atoms with E-state index in [2.05, 4.69) is 10.5 Å². The van der Waals surface area contributed by atoms with Gasteiger partial charge in [0.1, 0.15) is 0 Å². The molecule has 0 amide bonds. The summed E-state index contributed by atoms with van der Waals surface area (Å²) in [5.41, 5.74) is 3.88. The van der Waals surface area contributed by atoms with Crippen molar-refractivity contribution in [3.05, 3.63) is 88.5 Å². The lowest BCUT2D eigenvalue weighted by atomic mass is 10.1. The normalized spacial score (nSPS) is 11.4. The van der Waals surface area contributed by atoms with Gasteiger partial charge in [-0.15, -0.1) is 0 Å². The van der Waals surface area contributed by atoms with Crippen molar-refractivity contribution in [3.8, 4) is 0 Å². The summed E-state index contributed by atoms with van der Waals surface area (Å²) in [6, 6.07) is 22.2. The zero-order valence-electron chi connectivity index (χ0n) is 11.6. The molecule has 0 aliphatic carbocycles. The minimum atomic E-state index is -0.486. The number of benzene rings is 3. The first-order chi connectivity index (χ1) is 10.7. The molecule has 0 heterocycles. The summed E-state index contributed by atoms with van der Waals surface area (Å²) in [4.78, 5) is 10.8. The summed E-state index contributed by atoms with van der Waals surface area (Å²) in [5.74, 6) is -0.213. The fourth-order valence-corrected chi connectivity index (χ4v) is 2.17. The molecular formula is C17H13N3O2. The minimum absolute atomic E-state index is 0.213. The Morgan fingerprint density at radius 2 is 1.59 bits per heavy atom. The molecule has 0 aliphatic heterocycles. The highest BCUT2D eigenvalue weighted by atomic mass is 16.6. The van der Waals surface area contributed by atoms with Crippen LogP contribution in [0, 0.1) is 10.1 Å². The predicted molar refractivity (Wildman–Crippen MR) is 87.5 cm³/mol. The van der Waals surface area contributed by atoms with E-state index in [1.165, 1.54) is 0 Å². The van der Waals surface area contributed by atoms with Gasteiger partial charge < -0.3 is 10.1 Å². The zero-order valence-corrected chi connectivity index (χ0v) is 11.6. The third kappa shape index (κ3) is 2.93. The van der Waals surface area contributed by atoms with Gasteiger partial charge in [-0.2, -0.15) is 5.43 Å². The lowest BCUT2D eigenvalue weighted by molar-refractivity contribution is -0.348. The number of para-hydroxylation sites is 1. The number of fused-ring (bicyclic) bond motifs is 1. The number of nitrogens with zero attached hydrogens (tertiary/aromatic N) is 2. The molecule has 5 heteroatoms. The number of hydrogen-bond acceptors (Lipinski definition) is 4. The monoisotopic (exact) mass is 291 g/mol. The predicted octanol–water partition coefficient (Wildman–Crippen LogP) is 3.89. The Balaban J connectivity index is 1.97. The molecule has 0 aliphatic rings. The molecule has 108 valence electrons. The first-order valence-electron chi connectivity index (χ1n) is 6.76. The minimum Gasteiger partial charge on any atom is -0.358 e. The lowest BCUT2D eigenvalue weighted by Gasteiger charge is -2.02. The van der Waals surface area contributed by atoms with E-state index in [0.717, 1.165) is 10.8 Å². The molecule has 1 N–H and O–H groups in total. The van der Waals surface area contributed by atoms with Gasteiger partial charge >= 0.3 is 5.84 Å². The Morgan fingerprint density at radius 1 is 0.909 bits per heavy atom. The lowest BCUT2D eigenvalue weighted by Crippen LogP contribution is -2.15. The van der Waals surface area contributed by atoms with Crippen molar-refractivity contribution in [1.29, 1.82) is 0 Å². The molecule has 3 aromatic rings. The van der Waals surface area contributed by atoms with Gasteiger partial charge in [-0.1, -0.05) is 48.5 Å². The second kappa shape index (κ2) is 6.05. The SMILES string of the molecule is O=[N+]([O-])/C(=N/Nc1ccccc1)c1ccc2ccccc2c1. The number of anilines is 1. The first kappa shape index (κ1) is 13.8. The molecule has 22 heavy (non-hydrogen) atoms. The number of rotatable bonds is 3. The number of amidine groups is 1. The molecular weight excluding hydrogens is 278 g/mol. The van der Waals surface area contributed by atoms with E-state index in [1.54, 1.807) is 24.3 Å². The van der Waals surface area contributed by atoms with Crippen LogP contribution in [0.5, 0.6) is 0 Å². The molecule has 0 saturated carbocycles. The van der Waals surface area contributed by atoms with E-state index in [-0.39, 0.29) is 5.84 Å². The molecule has 0 aromatic heterocycles. The highest BCUT2D eigenvalue weighted by Gasteiger charge is 2.16. The number of hydrazone groups is 1. The van der Waals surface area contributed by atoms with Gasteiger partial charge in [0, 0.05) is 0 Å². The summed E-state index contributed by atoms with van der Waals surface area (Å²) >= 11 is 0. The second-order valence-corrected chi connectivity index (χ2v) is 4.73. The maximum atomic E-state index is 11.3.